The van der Waals surface area contributed by atoms with Crippen molar-refractivity contribution >= 4 is 27.3 Å². The van der Waals surface area contributed by atoms with Gasteiger partial charge in [-0.3, -0.25) is 9.69 Å². The molecule has 3 fully saturated rings. The number of nitrogens with zero attached hydrogens (tertiary/aromatic N) is 3. The SMILES string of the molecule is O=C(Cc1ccc(S(=O)(=O)N2CCCC2)s1)N1CCN(CC2CCCO2)CC1. The summed E-state index contributed by atoms with van der Waals surface area (Å²) in [5.74, 6) is 0.0868. The van der Waals surface area contributed by atoms with Crippen LogP contribution in [0.1, 0.15) is 30.6 Å². The second-order valence-electron chi connectivity index (χ2n) is 7.83. The number of piperazine rings is 1. The molecule has 4 rings (SSSR count). The maximum Gasteiger partial charge on any atom is 0.252 e. The molecule has 0 spiro atoms. The molecule has 3 aliphatic heterocycles. The Balaban J connectivity index is 1.28. The van der Waals surface area contributed by atoms with E-state index in [9.17, 15) is 13.2 Å². The highest BCUT2D eigenvalue weighted by atomic mass is 32.2. The lowest BCUT2D eigenvalue weighted by Crippen LogP contribution is -2.50. The summed E-state index contributed by atoms with van der Waals surface area (Å²) in [6.45, 7) is 6.26. The van der Waals surface area contributed by atoms with Crippen molar-refractivity contribution in [3.63, 3.8) is 0 Å². The normalized spacial score (nSPS) is 24.9. The zero-order chi connectivity index (χ0) is 19.6. The first-order valence-corrected chi connectivity index (χ1v) is 12.5. The number of thiophene rings is 1. The second-order valence-corrected chi connectivity index (χ2v) is 11.2. The van der Waals surface area contributed by atoms with E-state index in [0.717, 1.165) is 69.9 Å². The second kappa shape index (κ2) is 8.79. The summed E-state index contributed by atoms with van der Waals surface area (Å²) in [6, 6.07) is 3.44. The largest absolute Gasteiger partial charge is 0.377 e. The van der Waals surface area contributed by atoms with Crippen LogP contribution in [-0.4, -0.2) is 87.0 Å². The lowest BCUT2D eigenvalue weighted by atomic mass is 10.2. The molecular weight excluding hydrogens is 398 g/mol. The minimum Gasteiger partial charge on any atom is -0.377 e. The van der Waals surface area contributed by atoms with E-state index in [2.05, 4.69) is 4.90 Å². The van der Waals surface area contributed by atoms with Crippen LogP contribution in [0.4, 0.5) is 0 Å². The maximum atomic E-state index is 12.7. The van der Waals surface area contributed by atoms with E-state index in [1.165, 1.54) is 11.3 Å². The highest BCUT2D eigenvalue weighted by molar-refractivity contribution is 7.91. The topological polar surface area (TPSA) is 70.2 Å². The Hall–Kier alpha value is -1.00. The number of rotatable bonds is 6. The molecule has 0 aliphatic carbocycles. The van der Waals surface area contributed by atoms with Crippen molar-refractivity contribution in [3.8, 4) is 0 Å². The van der Waals surface area contributed by atoms with Crippen molar-refractivity contribution in [2.45, 2.75) is 42.4 Å². The van der Waals surface area contributed by atoms with Crippen LogP contribution in [0.2, 0.25) is 0 Å². The van der Waals surface area contributed by atoms with E-state index in [-0.39, 0.29) is 12.3 Å². The Morgan fingerprint density at radius 2 is 1.82 bits per heavy atom. The van der Waals surface area contributed by atoms with Gasteiger partial charge in [0.05, 0.1) is 12.5 Å². The molecule has 1 aromatic heterocycles. The molecular formula is C19H29N3O4S2. The Labute approximate surface area is 171 Å². The molecule has 0 N–H and O–H groups in total. The first-order chi connectivity index (χ1) is 13.5. The summed E-state index contributed by atoms with van der Waals surface area (Å²) in [4.78, 5) is 17.8. The van der Waals surface area contributed by atoms with Crippen LogP contribution in [0.3, 0.4) is 0 Å². The number of carbonyl (C=O) groups is 1. The average Bonchev–Trinajstić information content (AvgIpc) is 3.45. The third-order valence-corrected chi connectivity index (χ3v) is 9.28. The lowest BCUT2D eigenvalue weighted by Gasteiger charge is -2.35. The van der Waals surface area contributed by atoms with Gasteiger partial charge in [0.25, 0.3) is 10.0 Å². The predicted octanol–water partition coefficient (Wildman–Crippen LogP) is 1.40. The molecule has 9 heteroatoms. The van der Waals surface area contributed by atoms with Gasteiger partial charge in [-0.05, 0) is 37.8 Å². The molecule has 7 nitrogen and oxygen atoms in total. The van der Waals surface area contributed by atoms with Gasteiger partial charge in [-0.2, -0.15) is 4.31 Å². The first kappa shape index (κ1) is 20.3. The fourth-order valence-corrected chi connectivity index (χ4v) is 7.18. The van der Waals surface area contributed by atoms with Crippen LogP contribution in [-0.2, 0) is 26.0 Å². The Kier molecular flexibility index (Phi) is 6.37. The van der Waals surface area contributed by atoms with Gasteiger partial charge in [-0.1, -0.05) is 0 Å². The third-order valence-electron chi connectivity index (χ3n) is 5.83. The molecule has 4 heterocycles. The van der Waals surface area contributed by atoms with Gasteiger partial charge >= 0.3 is 0 Å². The Morgan fingerprint density at radius 1 is 1.07 bits per heavy atom. The first-order valence-electron chi connectivity index (χ1n) is 10.2. The minimum absolute atomic E-state index is 0.0868. The number of hydrogen-bond acceptors (Lipinski definition) is 6. The van der Waals surface area contributed by atoms with E-state index in [1.54, 1.807) is 16.4 Å². The van der Waals surface area contributed by atoms with E-state index in [4.69, 9.17) is 4.74 Å². The summed E-state index contributed by atoms with van der Waals surface area (Å²) in [5.41, 5.74) is 0. The number of carbonyl (C=O) groups excluding carboxylic acids is 1. The van der Waals surface area contributed by atoms with Gasteiger partial charge in [0.2, 0.25) is 5.91 Å². The van der Waals surface area contributed by atoms with Gasteiger partial charge < -0.3 is 9.64 Å². The highest BCUT2D eigenvalue weighted by Crippen LogP contribution is 2.28. The van der Waals surface area contributed by atoms with Crippen molar-refractivity contribution in [2.24, 2.45) is 0 Å². The molecule has 1 unspecified atom stereocenters. The van der Waals surface area contributed by atoms with Gasteiger partial charge in [0.1, 0.15) is 4.21 Å². The highest BCUT2D eigenvalue weighted by Gasteiger charge is 2.29. The van der Waals surface area contributed by atoms with Crippen molar-refractivity contribution in [2.75, 3.05) is 52.4 Å². The van der Waals surface area contributed by atoms with Crippen LogP contribution >= 0.6 is 11.3 Å². The Bertz CT molecular complexity index is 775. The fraction of sp³-hybridized carbons (Fsp3) is 0.737. The molecule has 3 saturated heterocycles. The number of ether oxygens (including phenoxy) is 1. The summed E-state index contributed by atoms with van der Waals surface area (Å²) in [5, 5.41) is 0. The summed E-state index contributed by atoms with van der Waals surface area (Å²) >= 11 is 1.24. The minimum atomic E-state index is -3.39. The van der Waals surface area contributed by atoms with E-state index >= 15 is 0 Å². The van der Waals surface area contributed by atoms with E-state index < -0.39 is 10.0 Å². The predicted molar refractivity (Wildman–Crippen MR) is 108 cm³/mol. The lowest BCUT2D eigenvalue weighted by molar-refractivity contribution is -0.132. The third kappa shape index (κ3) is 4.59. The van der Waals surface area contributed by atoms with Crippen molar-refractivity contribution < 1.29 is 17.9 Å². The van der Waals surface area contributed by atoms with Crippen LogP contribution in [0, 0.1) is 0 Å². The molecule has 3 aliphatic rings. The molecule has 1 amide bonds. The standard InChI is InChI=1S/C19H29N3O4S2/c23-18(21-11-9-20(10-12-21)15-16-4-3-13-26-16)14-17-5-6-19(27-17)28(24,25)22-7-1-2-8-22/h5-6,16H,1-4,7-15H2. The maximum absolute atomic E-state index is 12.7. The molecule has 0 saturated carbocycles. The molecule has 0 bridgehead atoms. The zero-order valence-corrected chi connectivity index (χ0v) is 17.8. The van der Waals surface area contributed by atoms with E-state index in [0.29, 0.717) is 23.4 Å². The quantitative estimate of drug-likeness (QED) is 0.686. The monoisotopic (exact) mass is 427 g/mol. The van der Waals surface area contributed by atoms with Crippen molar-refractivity contribution in [1.29, 1.82) is 0 Å². The average molecular weight is 428 g/mol. The van der Waals surface area contributed by atoms with Crippen LogP contribution < -0.4 is 0 Å². The van der Waals surface area contributed by atoms with E-state index in [1.807, 2.05) is 4.90 Å². The van der Waals surface area contributed by atoms with Crippen molar-refractivity contribution in [3.05, 3.63) is 17.0 Å². The molecule has 0 radical (unpaired) electrons. The number of sulfonamides is 1. The van der Waals surface area contributed by atoms with Crippen LogP contribution in [0.25, 0.3) is 0 Å². The van der Waals surface area contributed by atoms with Crippen LogP contribution in [0.5, 0.6) is 0 Å². The number of amides is 1. The summed E-state index contributed by atoms with van der Waals surface area (Å²) in [6.07, 6.45) is 4.78. The van der Waals surface area contributed by atoms with Gasteiger partial charge in [0.15, 0.2) is 0 Å². The molecule has 1 atom stereocenters. The van der Waals surface area contributed by atoms with Crippen LogP contribution in [0.15, 0.2) is 16.3 Å². The Morgan fingerprint density at radius 3 is 2.50 bits per heavy atom. The van der Waals surface area contributed by atoms with Gasteiger partial charge in [-0.15, -0.1) is 11.3 Å². The zero-order valence-electron chi connectivity index (χ0n) is 16.2. The molecule has 28 heavy (non-hydrogen) atoms. The summed E-state index contributed by atoms with van der Waals surface area (Å²) in [7, 11) is -3.39. The van der Waals surface area contributed by atoms with Gasteiger partial charge in [-0.25, -0.2) is 8.42 Å². The number of hydrogen-bond donors (Lipinski definition) is 0. The van der Waals surface area contributed by atoms with Crippen molar-refractivity contribution in [1.82, 2.24) is 14.1 Å². The molecule has 1 aromatic rings. The smallest absolute Gasteiger partial charge is 0.252 e. The molecule has 0 aromatic carbocycles. The summed E-state index contributed by atoms with van der Waals surface area (Å²) < 4.78 is 32.9. The van der Waals surface area contributed by atoms with Gasteiger partial charge in [0, 0.05) is 57.3 Å². The fourth-order valence-electron chi connectivity index (χ4n) is 4.16. The molecule has 156 valence electrons.